The molecule has 0 N–H and O–H groups in total. The van der Waals surface area contributed by atoms with Gasteiger partial charge in [-0.25, -0.2) is 4.79 Å². The summed E-state index contributed by atoms with van der Waals surface area (Å²) in [4.78, 5) is 12.2. The number of aryl methyl sites for hydroxylation is 1. The molecule has 0 radical (unpaired) electrons. The third kappa shape index (κ3) is 5.98. The first-order valence-electron chi connectivity index (χ1n) is 10.5. The molecule has 3 aromatic rings. The predicted octanol–water partition coefficient (Wildman–Crippen LogP) is 7.35. The molecule has 3 nitrogen and oxygen atoms in total. The van der Waals surface area contributed by atoms with Gasteiger partial charge in [-0.3, -0.25) is 0 Å². The van der Waals surface area contributed by atoms with Gasteiger partial charge in [-0.1, -0.05) is 77.5 Å². The lowest BCUT2D eigenvalue weighted by molar-refractivity contribution is 0.00695. The van der Waals surface area contributed by atoms with Gasteiger partial charge < -0.3 is 9.47 Å². The summed E-state index contributed by atoms with van der Waals surface area (Å²) in [6.07, 6.45) is 0.959. The van der Waals surface area contributed by atoms with Crippen molar-refractivity contribution >= 4 is 21.9 Å². The highest BCUT2D eigenvalue weighted by atomic mass is 79.9. The molecule has 3 aromatic carbocycles. The second-order valence-corrected chi connectivity index (χ2v) is 8.99. The minimum Gasteiger partial charge on any atom is -0.488 e. The maximum atomic E-state index is 12.2. The quantitative estimate of drug-likeness (QED) is 0.262. The number of ether oxygens (including phenoxy) is 2. The lowest BCUT2D eigenvalue weighted by Gasteiger charge is -2.19. The summed E-state index contributed by atoms with van der Waals surface area (Å²) in [6, 6.07) is 22.1. The third-order valence-corrected chi connectivity index (χ3v) is 5.50. The number of hydrogen-bond acceptors (Lipinski definition) is 3. The van der Waals surface area contributed by atoms with Crippen LogP contribution in [0.25, 0.3) is 11.1 Å². The first-order valence-corrected chi connectivity index (χ1v) is 11.7. The Morgan fingerprint density at radius 2 is 1.52 bits per heavy atom. The van der Waals surface area contributed by atoms with E-state index in [4.69, 9.17) is 9.47 Å². The van der Waals surface area contributed by atoms with E-state index in [9.17, 15) is 4.79 Å². The van der Waals surface area contributed by atoms with Crippen LogP contribution in [0.2, 0.25) is 0 Å². The van der Waals surface area contributed by atoms with Gasteiger partial charge >= 0.3 is 5.97 Å². The summed E-state index contributed by atoms with van der Waals surface area (Å²) in [7, 11) is 0. The monoisotopic (exact) mass is 480 g/mol. The van der Waals surface area contributed by atoms with Crippen molar-refractivity contribution < 1.29 is 14.3 Å². The normalized spacial score (nSPS) is 11.3. The smallest absolute Gasteiger partial charge is 0.338 e. The summed E-state index contributed by atoms with van der Waals surface area (Å²) < 4.78 is 11.8. The number of esters is 1. The Morgan fingerprint density at radius 3 is 2.16 bits per heavy atom. The Kier molecular flexibility index (Phi) is 7.55. The zero-order valence-electron chi connectivity index (χ0n) is 18.6. The summed E-state index contributed by atoms with van der Waals surface area (Å²) in [6.45, 7) is 8.17. The van der Waals surface area contributed by atoms with Crippen molar-refractivity contribution in [3.8, 4) is 16.9 Å². The Morgan fingerprint density at radius 1 is 0.871 bits per heavy atom. The van der Waals surface area contributed by atoms with E-state index >= 15 is 0 Å². The summed E-state index contributed by atoms with van der Waals surface area (Å²) in [5, 5.41) is 0.710. The van der Waals surface area contributed by atoms with Gasteiger partial charge in [0.1, 0.15) is 18.0 Å². The van der Waals surface area contributed by atoms with E-state index in [1.165, 1.54) is 11.1 Å². The number of halogens is 1. The molecular formula is C27H29BrO3. The van der Waals surface area contributed by atoms with Crippen molar-refractivity contribution in [1.82, 2.24) is 0 Å². The highest BCUT2D eigenvalue weighted by molar-refractivity contribution is 9.08. The average Bonchev–Trinajstić information content (AvgIpc) is 2.76. The molecule has 162 valence electrons. The van der Waals surface area contributed by atoms with E-state index < -0.39 is 5.60 Å². The van der Waals surface area contributed by atoms with Gasteiger partial charge in [0, 0.05) is 16.5 Å². The van der Waals surface area contributed by atoms with Gasteiger partial charge in [0.2, 0.25) is 0 Å². The second-order valence-electron chi connectivity index (χ2n) is 8.43. The summed E-state index contributed by atoms with van der Waals surface area (Å²) >= 11 is 3.59. The maximum Gasteiger partial charge on any atom is 0.338 e. The van der Waals surface area contributed by atoms with E-state index in [1.54, 1.807) is 12.1 Å². The fraction of sp³-hybridized carbons (Fsp3) is 0.296. The van der Waals surface area contributed by atoms with E-state index in [1.807, 2.05) is 32.9 Å². The van der Waals surface area contributed by atoms with Gasteiger partial charge in [0.25, 0.3) is 0 Å². The standard InChI is InChI=1S/C27H29BrO3/c1-5-20-9-6-7-11-23(20)24-12-8-10-22(17-28)25(24)30-18-19-13-15-21(16-14-19)26(29)31-27(2,3)4/h6-16H,5,17-18H2,1-4H3. The van der Waals surface area contributed by atoms with Crippen LogP contribution in [0, 0.1) is 0 Å². The minimum absolute atomic E-state index is 0.317. The SMILES string of the molecule is CCc1ccccc1-c1cccc(CBr)c1OCc1ccc(C(=O)OC(C)(C)C)cc1. The van der Waals surface area contributed by atoms with Crippen LogP contribution in [-0.4, -0.2) is 11.6 Å². The first-order chi connectivity index (χ1) is 14.8. The summed E-state index contributed by atoms with van der Waals surface area (Å²) in [5.74, 6) is 0.569. The van der Waals surface area contributed by atoms with Crippen molar-refractivity contribution in [3.63, 3.8) is 0 Å². The molecule has 0 unspecified atom stereocenters. The number of alkyl halides is 1. The van der Waals surface area contributed by atoms with E-state index in [0.29, 0.717) is 17.5 Å². The average molecular weight is 481 g/mol. The van der Waals surface area contributed by atoms with Crippen molar-refractivity contribution in [1.29, 1.82) is 0 Å². The Labute approximate surface area is 193 Å². The van der Waals surface area contributed by atoms with Crippen LogP contribution in [0.4, 0.5) is 0 Å². The molecule has 0 amide bonds. The molecule has 0 aliphatic carbocycles. The molecule has 0 atom stereocenters. The van der Waals surface area contributed by atoms with Gasteiger partial charge in [0.05, 0.1) is 5.56 Å². The molecular weight excluding hydrogens is 452 g/mol. The summed E-state index contributed by atoms with van der Waals surface area (Å²) in [5.41, 5.74) is 5.71. The number of carbonyl (C=O) groups is 1. The Hall–Kier alpha value is -2.59. The molecule has 0 aliphatic heterocycles. The molecule has 0 saturated heterocycles. The molecule has 0 heterocycles. The topological polar surface area (TPSA) is 35.5 Å². The van der Waals surface area contributed by atoms with Crippen molar-refractivity contribution in [2.24, 2.45) is 0 Å². The number of rotatable bonds is 7. The lowest BCUT2D eigenvalue weighted by Crippen LogP contribution is -2.23. The van der Waals surface area contributed by atoms with E-state index in [0.717, 1.165) is 28.9 Å². The fourth-order valence-electron chi connectivity index (χ4n) is 3.39. The van der Waals surface area contributed by atoms with Crippen LogP contribution in [0.3, 0.4) is 0 Å². The Balaban J connectivity index is 1.83. The number of hydrogen-bond donors (Lipinski definition) is 0. The van der Waals surface area contributed by atoms with Gasteiger partial charge in [-0.05, 0) is 56.0 Å². The van der Waals surface area contributed by atoms with E-state index in [2.05, 4.69) is 65.3 Å². The zero-order valence-corrected chi connectivity index (χ0v) is 20.2. The van der Waals surface area contributed by atoms with Crippen molar-refractivity contribution in [2.45, 2.75) is 51.7 Å². The molecule has 4 heteroatoms. The predicted molar refractivity (Wildman–Crippen MR) is 130 cm³/mol. The van der Waals surface area contributed by atoms with Crippen LogP contribution < -0.4 is 4.74 Å². The lowest BCUT2D eigenvalue weighted by atomic mass is 9.96. The fourth-order valence-corrected chi connectivity index (χ4v) is 3.84. The van der Waals surface area contributed by atoms with Crippen LogP contribution in [0.15, 0.2) is 66.7 Å². The molecule has 0 bridgehead atoms. The highest BCUT2D eigenvalue weighted by Gasteiger charge is 2.18. The highest BCUT2D eigenvalue weighted by Crippen LogP contribution is 2.37. The number of benzene rings is 3. The van der Waals surface area contributed by atoms with Gasteiger partial charge in [0.15, 0.2) is 0 Å². The van der Waals surface area contributed by atoms with Gasteiger partial charge in [-0.2, -0.15) is 0 Å². The molecule has 0 aromatic heterocycles. The van der Waals surface area contributed by atoms with E-state index in [-0.39, 0.29) is 5.97 Å². The van der Waals surface area contributed by atoms with Crippen molar-refractivity contribution in [2.75, 3.05) is 0 Å². The van der Waals surface area contributed by atoms with Crippen LogP contribution in [0.1, 0.15) is 54.7 Å². The molecule has 0 aliphatic rings. The largest absolute Gasteiger partial charge is 0.488 e. The first kappa shape index (κ1) is 23.1. The molecule has 3 rings (SSSR count). The second kappa shape index (κ2) is 10.1. The van der Waals surface area contributed by atoms with Crippen LogP contribution in [0.5, 0.6) is 5.75 Å². The molecule has 31 heavy (non-hydrogen) atoms. The maximum absolute atomic E-state index is 12.2. The van der Waals surface area contributed by atoms with Gasteiger partial charge in [-0.15, -0.1) is 0 Å². The molecule has 0 spiro atoms. The molecule has 0 fully saturated rings. The Bertz CT molecular complexity index is 1030. The molecule has 0 saturated carbocycles. The van der Waals surface area contributed by atoms with Crippen molar-refractivity contribution in [3.05, 3.63) is 89.0 Å². The third-order valence-electron chi connectivity index (χ3n) is 4.90. The minimum atomic E-state index is -0.510. The zero-order chi connectivity index (χ0) is 22.4. The van der Waals surface area contributed by atoms with Crippen LogP contribution >= 0.6 is 15.9 Å². The number of para-hydroxylation sites is 1. The number of carbonyl (C=O) groups excluding carboxylic acids is 1. The van der Waals surface area contributed by atoms with Crippen LogP contribution in [-0.2, 0) is 23.1 Å².